The van der Waals surface area contributed by atoms with Gasteiger partial charge in [0.05, 0.1) is 11.5 Å². The summed E-state index contributed by atoms with van der Waals surface area (Å²) in [6, 6.07) is 10.2. The van der Waals surface area contributed by atoms with Gasteiger partial charge >= 0.3 is 0 Å². The number of nitrogens with zero attached hydrogens (tertiary/aromatic N) is 1. The third-order valence-corrected chi connectivity index (χ3v) is 3.83. The molecule has 1 aromatic rings. The Morgan fingerprint density at radius 3 is 2.65 bits per heavy atom. The molecule has 3 heteroatoms. The molecule has 1 aliphatic rings. The normalized spacial score (nSPS) is 27.4. The van der Waals surface area contributed by atoms with Gasteiger partial charge in [0.15, 0.2) is 0 Å². The van der Waals surface area contributed by atoms with E-state index in [9.17, 15) is 5.26 Å². The summed E-state index contributed by atoms with van der Waals surface area (Å²) in [4.78, 5) is 0. The van der Waals surface area contributed by atoms with Gasteiger partial charge in [0, 0.05) is 10.6 Å². The third-order valence-electron chi connectivity index (χ3n) is 3.50. The molecule has 1 saturated heterocycles. The molecule has 0 aliphatic carbocycles. The molecule has 1 fully saturated rings. The van der Waals surface area contributed by atoms with Crippen LogP contribution in [0.25, 0.3) is 0 Å². The molecule has 0 saturated carbocycles. The van der Waals surface area contributed by atoms with Crippen molar-refractivity contribution in [1.29, 1.82) is 5.26 Å². The lowest BCUT2D eigenvalue weighted by Crippen LogP contribution is -2.52. The Kier molecular flexibility index (Phi) is 3.16. The van der Waals surface area contributed by atoms with Gasteiger partial charge in [-0.05, 0) is 44.9 Å². The van der Waals surface area contributed by atoms with E-state index in [2.05, 4.69) is 25.2 Å². The van der Waals surface area contributed by atoms with Crippen LogP contribution in [0.3, 0.4) is 0 Å². The van der Waals surface area contributed by atoms with E-state index in [1.165, 1.54) is 0 Å². The van der Waals surface area contributed by atoms with Gasteiger partial charge in [0.25, 0.3) is 0 Å². The maximum Gasteiger partial charge on any atom is 0.0866 e. The lowest BCUT2D eigenvalue weighted by atomic mass is 9.68. The van der Waals surface area contributed by atoms with Gasteiger partial charge < -0.3 is 5.32 Å². The minimum atomic E-state index is -0.451. The molecule has 1 heterocycles. The van der Waals surface area contributed by atoms with E-state index in [0.29, 0.717) is 5.02 Å². The summed E-state index contributed by atoms with van der Waals surface area (Å²) in [5, 5.41) is 13.8. The van der Waals surface area contributed by atoms with Crippen LogP contribution >= 0.6 is 11.6 Å². The van der Waals surface area contributed by atoms with Crippen LogP contribution < -0.4 is 5.32 Å². The smallest absolute Gasteiger partial charge is 0.0866 e. The Morgan fingerprint density at radius 1 is 1.35 bits per heavy atom. The second kappa shape index (κ2) is 4.33. The van der Waals surface area contributed by atoms with Crippen molar-refractivity contribution in [2.75, 3.05) is 6.54 Å². The van der Waals surface area contributed by atoms with Gasteiger partial charge in [-0.2, -0.15) is 5.26 Å². The van der Waals surface area contributed by atoms with Gasteiger partial charge in [-0.1, -0.05) is 29.8 Å². The first-order chi connectivity index (χ1) is 7.99. The highest BCUT2D eigenvalue weighted by molar-refractivity contribution is 6.31. The number of nitriles is 1. The fraction of sp³-hybridized carbons (Fsp3) is 0.500. The van der Waals surface area contributed by atoms with Crippen molar-refractivity contribution in [3.63, 3.8) is 0 Å². The Balaban J connectivity index is 2.46. The first kappa shape index (κ1) is 12.4. The van der Waals surface area contributed by atoms with E-state index >= 15 is 0 Å². The zero-order valence-electron chi connectivity index (χ0n) is 10.3. The molecule has 1 unspecified atom stereocenters. The average Bonchev–Trinajstić information content (AvgIpc) is 2.28. The number of nitrogens with one attached hydrogen (secondary N) is 1. The van der Waals surface area contributed by atoms with Crippen LogP contribution in [0.15, 0.2) is 24.3 Å². The van der Waals surface area contributed by atoms with E-state index < -0.39 is 5.41 Å². The predicted octanol–water partition coefficient (Wildman–Crippen LogP) is 3.26. The van der Waals surface area contributed by atoms with Crippen molar-refractivity contribution in [2.24, 2.45) is 0 Å². The second-order valence-electron chi connectivity index (χ2n) is 5.41. The number of rotatable bonds is 1. The Hall–Kier alpha value is -1.04. The molecule has 2 rings (SSSR count). The van der Waals surface area contributed by atoms with Gasteiger partial charge in [0.2, 0.25) is 0 Å². The lowest BCUT2D eigenvalue weighted by molar-refractivity contribution is 0.233. The van der Waals surface area contributed by atoms with Gasteiger partial charge in [-0.3, -0.25) is 0 Å². The molecule has 0 aromatic heterocycles. The maximum absolute atomic E-state index is 9.62. The highest BCUT2D eigenvalue weighted by Gasteiger charge is 2.42. The summed E-state index contributed by atoms with van der Waals surface area (Å²) in [5.41, 5.74) is 0.499. The molecule has 0 spiro atoms. The average molecular weight is 249 g/mol. The molecule has 1 aromatic carbocycles. The van der Waals surface area contributed by atoms with Crippen molar-refractivity contribution in [3.05, 3.63) is 34.9 Å². The van der Waals surface area contributed by atoms with Crippen LogP contribution in [0, 0.1) is 11.3 Å². The first-order valence-corrected chi connectivity index (χ1v) is 6.28. The number of halogens is 1. The Labute approximate surface area is 108 Å². The van der Waals surface area contributed by atoms with Crippen molar-refractivity contribution in [2.45, 2.75) is 37.6 Å². The van der Waals surface area contributed by atoms with Gasteiger partial charge in [-0.25, -0.2) is 0 Å². The monoisotopic (exact) mass is 248 g/mol. The molecule has 2 nitrogen and oxygen atoms in total. The van der Waals surface area contributed by atoms with E-state index in [-0.39, 0.29) is 5.54 Å². The highest BCUT2D eigenvalue weighted by atomic mass is 35.5. The second-order valence-corrected chi connectivity index (χ2v) is 5.82. The summed E-state index contributed by atoms with van der Waals surface area (Å²) in [5.74, 6) is 0. The minimum Gasteiger partial charge on any atom is -0.312 e. The molecule has 0 radical (unpaired) electrons. The van der Waals surface area contributed by atoms with E-state index in [4.69, 9.17) is 11.6 Å². The Bertz CT molecular complexity index is 462. The molecule has 1 aliphatic heterocycles. The van der Waals surface area contributed by atoms with E-state index in [1.54, 1.807) is 0 Å². The van der Waals surface area contributed by atoms with Crippen LogP contribution in [-0.2, 0) is 5.41 Å². The topological polar surface area (TPSA) is 35.8 Å². The summed E-state index contributed by atoms with van der Waals surface area (Å²) in [6.45, 7) is 5.12. The molecular formula is C14H17ClN2. The van der Waals surface area contributed by atoms with Crippen LogP contribution in [-0.4, -0.2) is 12.1 Å². The first-order valence-electron chi connectivity index (χ1n) is 5.90. The molecule has 1 atom stereocenters. The fourth-order valence-electron chi connectivity index (χ4n) is 2.75. The predicted molar refractivity (Wildman–Crippen MR) is 70.1 cm³/mol. The Morgan fingerprint density at radius 2 is 2.06 bits per heavy atom. The van der Waals surface area contributed by atoms with Gasteiger partial charge in [-0.15, -0.1) is 0 Å². The zero-order chi connectivity index (χ0) is 12.5. The zero-order valence-corrected chi connectivity index (χ0v) is 11.0. The molecule has 90 valence electrons. The molecule has 17 heavy (non-hydrogen) atoms. The number of hydrogen-bond donors (Lipinski definition) is 1. The largest absolute Gasteiger partial charge is 0.312 e. The van der Waals surface area contributed by atoms with Crippen molar-refractivity contribution in [3.8, 4) is 6.07 Å². The minimum absolute atomic E-state index is 0.0207. The number of piperidine rings is 1. The number of benzene rings is 1. The summed E-state index contributed by atoms with van der Waals surface area (Å²) < 4.78 is 0. The summed E-state index contributed by atoms with van der Waals surface area (Å²) >= 11 is 6.25. The van der Waals surface area contributed by atoms with E-state index in [0.717, 1.165) is 24.9 Å². The SMILES string of the molecule is CC1(C)CC(C#N)(c2ccccc2Cl)CCN1. The summed E-state index contributed by atoms with van der Waals surface area (Å²) in [7, 11) is 0. The van der Waals surface area contributed by atoms with Crippen LogP contribution in [0.4, 0.5) is 0 Å². The molecule has 0 bridgehead atoms. The van der Waals surface area contributed by atoms with Crippen molar-refractivity contribution < 1.29 is 0 Å². The highest BCUT2D eigenvalue weighted by Crippen LogP contribution is 2.41. The quantitative estimate of drug-likeness (QED) is 0.828. The lowest BCUT2D eigenvalue weighted by Gasteiger charge is -2.42. The van der Waals surface area contributed by atoms with Gasteiger partial charge in [0.1, 0.15) is 0 Å². The van der Waals surface area contributed by atoms with Crippen LogP contribution in [0.2, 0.25) is 5.02 Å². The molecular weight excluding hydrogens is 232 g/mol. The standard InChI is InChI=1S/C14H17ClN2/c1-13(2)9-14(10-16,7-8-17-13)11-5-3-4-6-12(11)15/h3-6,17H,7-9H2,1-2H3. The van der Waals surface area contributed by atoms with E-state index in [1.807, 2.05) is 24.3 Å². The van der Waals surface area contributed by atoms with Crippen molar-refractivity contribution in [1.82, 2.24) is 5.32 Å². The van der Waals surface area contributed by atoms with Crippen LogP contribution in [0.5, 0.6) is 0 Å². The number of hydrogen-bond acceptors (Lipinski definition) is 2. The fourth-order valence-corrected chi connectivity index (χ4v) is 3.07. The maximum atomic E-state index is 9.62. The van der Waals surface area contributed by atoms with Crippen LogP contribution in [0.1, 0.15) is 32.3 Å². The third kappa shape index (κ3) is 2.31. The molecule has 1 N–H and O–H groups in total. The van der Waals surface area contributed by atoms with Crippen molar-refractivity contribution >= 4 is 11.6 Å². The molecule has 0 amide bonds. The summed E-state index contributed by atoms with van der Waals surface area (Å²) in [6.07, 6.45) is 1.61.